The predicted octanol–water partition coefficient (Wildman–Crippen LogP) is 2.88. The lowest BCUT2D eigenvalue weighted by molar-refractivity contribution is -0.131. The van der Waals surface area contributed by atoms with Gasteiger partial charge >= 0.3 is 0 Å². The Morgan fingerprint density at radius 3 is 2.61 bits per heavy atom. The van der Waals surface area contributed by atoms with Crippen LogP contribution < -0.4 is 0 Å². The zero-order valence-electron chi connectivity index (χ0n) is 13.7. The number of carbonyl (C=O) groups is 1. The standard InChI is InChI=1S/C18H25NO3S/c1-19(17-11-10-14-6-2-5-9-16(14)17)18(20)12-13-23(21,22)15-7-3-4-8-15/h2,5-6,9,15,17H,3-4,7-8,10-13H2,1H3/t17-/m1/s1. The van der Waals surface area contributed by atoms with Crippen molar-refractivity contribution < 1.29 is 13.2 Å². The molecule has 1 aromatic carbocycles. The molecule has 1 aromatic rings. The minimum absolute atomic E-state index is 0.00476. The fourth-order valence-corrected chi connectivity index (χ4v) is 5.77. The molecule has 23 heavy (non-hydrogen) atoms. The molecule has 0 saturated heterocycles. The summed E-state index contributed by atoms with van der Waals surface area (Å²) < 4.78 is 24.6. The molecule has 3 rings (SSSR count). The van der Waals surface area contributed by atoms with Gasteiger partial charge in [-0.2, -0.15) is 0 Å². The van der Waals surface area contributed by atoms with E-state index in [-0.39, 0.29) is 29.4 Å². The van der Waals surface area contributed by atoms with Crippen molar-refractivity contribution >= 4 is 15.7 Å². The number of nitrogens with zero attached hydrogens (tertiary/aromatic N) is 1. The molecule has 1 saturated carbocycles. The van der Waals surface area contributed by atoms with Crippen LogP contribution in [0.5, 0.6) is 0 Å². The molecule has 0 heterocycles. The maximum Gasteiger partial charge on any atom is 0.223 e. The maximum absolute atomic E-state index is 12.5. The normalized spacial score (nSPS) is 21.3. The zero-order chi connectivity index (χ0) is 16.4. The summed E-state index contributed by atoms with van der Waals surface area (Å²) in [6, 6.07) is 8.30. The first-order valence-corrected chi connectivity index (χ1v) is 10.3. The number of benzene rings is 1. The molecule has 1 atom stereocenters. The van der Waals surface area contributed by atoms with E-state index in [9.17, 15) is 13.2 Å². The zero-order valence-corrected chi connectivity index (χ0v) is 14.5. The van der Waals surface area contributed by atoms with Crippen LogP contribution in [0.3, 0.4) is 0 Å². The molecule has 0 aliphatic heterocycles. The van der Waals surface area contributed by atoms with Gasteiger partial charge in [0.1, 0.15) is 0 Å². The smallest absolute Gasteiger partial charge is 0.223 e. The second-order valence-corrected chi connectivity index (χ2v) is 9.18. The fourth-order valence-electron chi connectivity index (χ4n) is 3.93. The minimum Gasteiger partial charge on any atom is -0.339 e. The lowest BCUT2D eigenvalue weighted by Crippen LogP contribution is -2.32. The van der Waals surface area contributed by atoms with Crippen LogP contribution in [-0.2, 0) is 21.1 Å². The van der Waals surface area contributed by atoms with Crippen molar-refractivity contribution in [3.05, 3.63) is 35.4 Å². The van der Waals surface area contributed by atoms with E-state index in [0.29, 0.717) is 0 Å². The summed E-state index contributed by atoms with van der Waals surface area (Å²) in [7, 11) is -1.32. The van der Waals surface area contributed by atoms with Gasteiger partial charge in [0.15, 0.2) is 9.84 Å². The molecule has 126 valence electrons. The lowest BCUT2D eigenvalue weighted by atomic mass is 10.1. The number of fused-ring (bicyclic) bond motifs is 1. The van der Waals surface area contributed by atoms with Crippen LogP contribution in [0.25, 0.3) is 0 Å². The summed E-state index contributed by atoms with van der Waals surface area (Å²) in [5.41, 5.74) is 2.51. The van der Waals surface area contributed by atoms with Gasteiger partial charge < -0.3 is 4.90 Å². The van der Waals surface area contributed by atoms with Crippen LogP contribution in [0.15, 0.2) is 24.3 Å². The van der Waals surface area contributed by atoms with Gasteiger partial charge in [-0.25, -0.2) is 8.42 Å². The van der Waals surface area contributed by atoms with Gasteiger partial charge in [0.2, 0.25) is 5.91 Å². The number of carbonyl (C=O) groups excluding carboxylic acids is 1. The summed E-state index contributed by atoms with van der Waals surface area (Å²) in [6.45, 7) is 0. The average molecular weight is 335 g/mol. The first-order chi connectivity index (χ1) is 11.0. The van der Waals surface area contributed by atoms with Crippen molar-refractivity contribution in [2.45, 2.75) is 56.2 Å². The van der Waals surface area contributed by atoms with Gasteiger partial charge in [0, 0.05) is 13.5 Å². The molecule has 0 spiro atoms. The molecule has 1 amide bonds. The van der Waals surface area contributed by atoms with Gasteiger partial charge in [0.05, 0.1) is 17.0 Å². The van der Waals surface area contributed by atoms with Crippen molar-refractivity contribution in [2.75, 3.05) is 12.8 Å². The molecule has 0 bridgehead atoms. The van der Waals surface area contributed by atoms with E-state index in [2.05, 4.69) is 12.1 Å². The summed E-state index contributed by atoms with van der Waals surface area (Å²) in [5.74, 6) is -0.0665. The highest BCUT2D eigenvalue weighted by Crippen LogP contribution is 2.35. The Morgan fingerprint density at radius 1 is 1.17 bits per heavy atom. The first kappa shape index (κ1) is 16.5. The molecule has 1 fully saturated rings. The summed E-state index contributed by atoms with van der Waals surface area (Å²) in [6.07, 6.45) is 5.54. The third kappa shape index (κ3) is 3.44. The van der Waals surface area contributed by atoms with Crippen LogP contribution in [0.4, 0.5) is 0 Å². The maximum atomic E-state index is 12.5. The van der Waals surface area contributed by atoms with Crippen molar-refractivity contribution in [2.24, 2.45) is 0 Å². The highest BCUT2D eigenvalue weighted by atomic mass is 32.2. The molecular formula is C18H25NO3S. The van der Waals surface area contributed by atoms with Crippen LogP contribution >= 0.6 is 0 Å². The van der Waals surface area contributed by atoms with Gasteiger partial charge in [-0.3, -0.25) is 4.79 Å². The van der Waals surface area contributed by atoms with Crippen LogP contribution in [0, 0.1) is 0 Å². The Hall–Kier alpha value is -1.36. The topological polar surface area (TPSA) is 54.5 Å². The van der Waals surface area contributed by atoms with Crippen LogP contribution in [0.2, 0.25) is 0 Å². The molecule has 0 N–H and O–H groups in total. The average Bonchev–Trinajstić information content (AvgIpc) is 3.21. The Balaban J connectivity index is 1.60. The Morgan fingerprint density at radius 2 is 1.87 bits per heavy atom. The van der Waals surface area contributed by atoms with E-state index in [0.717, 1.165) is 38.5 Å². The summed E-state index contributed by atoms with van der Waals surface area (Å²) in [5, 5.41) is -0.215. The minimum atomic E-state index is -3.12. The van der Waals surface area contributed by atoms with Gasteiger partial charge in [0.25, 0.3) is 0 Å². The van der Waals surface area contributed by atoms with E-state index in [4.69, 9.17) is 0 Å². The van der Waals surface area contributed by atoms with Crippen molar-refractivity contribution in [3.8, 4) is 0 Å². The third-order valence-corrected chi connectivity index (χ3v) is 7.63. The van der Waals surface area contributed by atoms with Gasteiger partial charge in [-0.1, -0.05) is 37.1 Å². The van der Waals surface area contributed by atoms with Crippen LogP contribution in [0.1, 0.15) is 55.7 Å². The lowest BCUT2D eigenvalue weighted by Gasteiger charge is -2.25. The monoisotopic (exact) mass is 335 g/mol. The number of amides is 1. The molecular weight excluding hydrogens is 310 g/mol. The Labute approximate surface area is 138 Å². The molecule has 5 heteroatoms. The van der Waals surface area contributed by atoms with Crippen molar-refractivity contribution in [1.29, 1.82) is 0 Å². The first-order valence-electron chi connectivity index (χ1n) is 8.54. The molecule has 0 radical (unpaired) electrons. The van der Waals surface area contributed by atoms with E-state index in [1.165, 1.54) is 11.1 Å². The Bertz CT molecular complexity index is 677. The van der Waals surface area contributed by atoms with Gasteiger partial charge in [-0.05, 0) is 36.8 Å². The third-order valence-electron chi connectivity index (χ3n) is 5.37. The molecule has 2 aliphatic rings. The van der Waals surface area contributed by atoms with Crippen molar-refractivity contribution in [3.63, 3.8) is 0 Å². The highest BCUT2D eigenvalue weighted by Gasteiger charge is 2.31. The second kappa shape index (κ2) is 6.63. The summed E-state index contributed by atoms with van der Waals surface area (Å²) in [4.78, 5) is 14.2. The molecule has 2 aliphatic carbocycles. The van der Waals surface area contributed by atoms with E-state index < -0.39 is 9.84 Å². The van der Waals surface area contributed by atoms with E-state index >= 15 is 0 Å². The van der Waals surface area contributed by atoms with Gasteiger partial charge in [-0.15, -0.1) is 0 Å². The Kier molecular flexibility index (Phi) is 4.76. The highest BCUT2D eigenvalue weighted by molar-refractivity contribution is 7.92. The number of rotatable bonds is 5. The van der Waals surface area contributed by atoms with E-state index in [1.807, 2.05) is 12.1 Å². The number of hydrogen-bond donors (Lipinski definition) is 0. The molecule has 0 aromatic heterocycles. The SMILES string of the molecule is CN(C(=O)CCS(=O)(=O)C1CCCC1)[C@@H]1CCc2ccccc21. The molecule has 0 unspecified atom stereocenters. The molecule has 4 nitrogen and oxygen atoms in total. The fraction of sp³-hybridized carbons (Fsp3) is 0.611. The van der Waals surface area contributed by atoms with Crippen LogP contribution in [-0.4, -0.2) is 37.3 Å². The van der Waals surface area contributed by atoms with E-state index in [1.54, 1.807) is 11.9 Å². The summed E-state index contributed by atoms with van der Waals surface area (Å²) >= 11 is 0. The number of aryl methyl sites for hydroxylation is 1. The second-order valence-electron chi connectivity index (χ2n) is 6.78. The quantitative estimate of drug-likeness (QED) is 0.831. The largest absolute Gasteiger partial charge is 0.339 e. The predicted molar refractivity (Wildman–Crippen MR) is 90.9 cm³/mol. The number of sulfone groups is 1. The number of hydrogen-bond acceptors (Lipinski definition) is 3. The van der Waals surface area contributed by atoms with Crippen molar-refractivity contribution in [1.82, 2.24) is 4.90 Å².